The summed E-state index contributed by atoms with van der Waals surface area (Å²) in [6, 6.07) is 9.90. The normalized spacial score (nSPS) is 14.6. The number of aryl methyl sites for hydroxylation is 1. The van der Waals surface area contributed by atoms with E-state index in [4.69, 9.17) is 0 Å². The van der Waals surface area contributed by atoms with Crippen LogP contribution in [-0.2, 0) is 0 Å². The predicted octanol–water partition coefficient (Wildman–Crippen LogP) is 3.27. The monoisotopic (exact) mass is 386 g/mol. The van der Waals surface area contributed by atoms with Crippen molar-refractivity contribution in [3.63, 3.8) is 0 Å². The minimum Gasteiger partial charge on any atom is -0.344 e. The van der Waals surface area contributed by atoms with E-state index in [9.17, 15) is 4.39 Å². The van der Waals surface area contributed by atoms with Crippen LogP contribution >= 0.6 is 11.5 Å². The highest BCUT2D eigenvalue weighted by atomic mass is 32.1. The summed E-state index contributed by atoms with van der Waals surface area (Å²) in [7, 11) is 0. The molecule has 6 nitrogen and oxygen atoms in total. The average molecular weight is 387 g/mol. The molecule has 0 unspecified atom stereocenters. The largest absolute Gasteiger partial charge is 0.344 e. The number of halogens is 1. The molecule has 0 spiro atoms. The highest BCUT2D eigenvalue weighted by molar-refractivity contribution is 7.09. The van der Waals surface area contributed by atoms with Gasteiger partial charge in [-0.2, -0.15) is 19.6 Å². The first-order valence-electron chi connectivity index (χ1n) is 8.97. The lowest BCUT2D eigenvalue weighted by Crippen LogP contribution is -2.46. The van der Waals surface area contributed by atoms with Crippen molar-refractivity contribution in [1.82, 2.24) is 24.5 Å². The topological polar surface area (TPSA) is 58.0 Å². The lowest BCUT2D eigenvalue weighted by Gasteiger charge is -2.33. The Morgan fingerprint density at radius 1 is 1.11 bits per heavy atom. The van der Waals surface area contributed by atoms with Crippen molar-refractivity contribution in [2.24, 2.45) is 0 Å². The van der Waals surface area contributed by atoms with Crippen LogP contribution in [-0.4, -0.2) is 57.2 Å². The van der Waals surface area contributed by atoms with Crippen LogP contribution in [0.25, 0.3) is 11.4 Å². The molecule has 2 aromatic heterocycles. The van der Waals surface area contributed by atoms with E-state index in [0.717, 1.165) is 54.9 Å². The molecule has 1 saturated heterocycles. The Balaban J connectivity index is 0.000000253. The number of rotatable bonds is 3. The predicted molar refractivity (Wildman–Crippen MR) is 106 cm³/mol. The molecule has 0 aliphatic carbocycles. The standard InChI is InChI=1S/C13H18N6S.C6H5F/c1-3-18-4-6-19(7-5-18)13-15-12(17-20-13)11-8-10(2)16-14-9-11;7-6-4-2-1-3-5-6/h8-9H,3-7H2,1-2H3;1-5H. The number of hydrogen-bond donors (Lipinski definition) is 0. The van der Waals surface area contributed by atoms with Gasteiger partial charge in [0.25, 0.3) is 0 Å². The maximum Gasteiger partial charge on any atom is 0.205 e. The molecule has 1 aliphatic rings. The Kier molecular flexibility index (Phi) is 6.78. The fourth-order valence-electron chi connectivity index (χ4n) is 2.73. The number of hydrogen-bond acceptors (Lipinski definition) is 7. The summed E-state index contributed by atoms with van der Waals surface area (Å²) in [5, 5.41) is 8.92. The molecule has 27 heavy (non-hydrogen) atoms. The SMILES string of the molecule is CCN1CCN(c2nc(-c3cnnc(C)c3)ns2)CC1.Fc1ccccc1. The van der Waals surface area contributed by atoms with Gasteiger partial charge < -0.3 is 9.80 Å². The molecule has 0 saturated carbocycles. The number of piperazine rings is 1. The Labute approximate surface area is 162 Å². The lowest BCUT2D eigenvalue weighted by molar-refractivity contribution is 0.271. The van der Waals surface area contributed by atoms with Crippen molar-refractivity contribution < 1.29 is 4.39 Å². The number of benzene rings is 1. The maximum absolute atomic E-state index is 11.9. The summed E-state index contributed by atoms with van der Waals surface area (Å²) in [6.45, 7) is 9.50. The van der Waals surface area contributed by atoms with E-state index in [2.05, 4.69) is 36.3 Å². The van der Waals surface area contributed by atoms with Crippen LogP contribution in [0.5, 0.6) is 0 Å². The van der Waals surface area contributed by atoms with Crippen LogP contribution in [0, 0.1) is 12.7 Å². The van der Waals surface area contributed by atoms with Gasteiger partial charge in [0.2, 0.25) is 5.13 Å². The number of anilines is 1. The first kappa shape index (κ1) is 19.3. The van der Waals surface area contributed by atoms with E-state index in [1.165, 1.54) is 23.7 Å². The van der Waals surface area contributed by atoms with Gasteiger partial charge in [-0.3, -0.25) is 0 Å². The molecular weight excluding hydrogens is 363 g/mol. The van der Waals surface area contributed by atoms with Crippen LogP contribution in [0.15, 0.2) is 42.6 Å². The van der Waals surface area contributed by atoms with Gasteiger partial charge in [-0.1, -0.05) is 25.1 Å². The van der Waals surface area contributed by atoms with Gasteiger partial charge in [0.1, 0.15) is 5.82 Å². The van der Waals surface area contributed by atoms with E-state index in [1.807, 2.05) is 13.0 Å². The van der Waals surface area contributed by atoms with Gasteiger partial charge in [-0.05, 0) is 31.7 Å². The third kappa shape index (κ3) is 5.51. The zero-order chi connectivity index (χ0) is 19.1. The molecule has 0 radical (unpaired) electrons. The smallest absolute Gasteiger partial charge is 0.205 e. The second-order valence-corrected chi connectivity index (χ2v) is 6.93. The van der Waals surface area contributed by atoms with Crippen LogP contribution in [0.3, 0.4) is 0 Å². The Bertz CT molecular complexity index is 833. The summed E-state index contributed by atoms with van der Waals surface area (Å²) in [5.41, 5.74) is 1.82. The molecule has 0 atom stereocenters. The van der Waals surface area contributed by atoms with Crippen molar-refractivity contribution in [2.75, 3.05) is 37.6 Å². The molecule has 3 aromatic rings. The third-order valence-electron chi connectivity index (χ3n) is 4.27. The van der Waals surface area contributed by atoms with Gasteiger partial charge >= 0.3 is 0 Å². The third-order valence-corrected chi connectivity index (χ3v) is 5.05. The molecule has 0 bridgehead atoms. The van der Waals surface area contributed by atoms with Crippen LogP contribution < -0.4 is 4.90 Å². The molecule has 1 aromatic carbocycles. The summed E-state index contributed by atoms with van der Waals surface area (Å²) < 4.78 is 16.4. The quantitative estimate of drug-likeness (QED) is 0.689. The maximum atomic E-state index is 11.9. The number of aromatic nitrogens is 4. The Morgan fingerprint density at radius 3 is 2.44 bits per heavy atom. The van der Waals surface area contributed by atoms with E-state index in [1.54, 1.807) is 24.4 Å². The molecule has 3 heterocycles. The van der Waals surface area contributed by atoms with Crippen molar-refractivity contribution >= 4 is 16.7 Å². The fourth-order valence-corrected chi connectivity index (χ4v) is 3.47. The van der Waals surface area contributed by atoms with E-state index >= 15 is 0 Å². The molecule has 0 N–H and O–H groups in total. The van der Waals surface area contributed by atoms with Crippen LogP contribution in [0.4, 0.5) is 9.52 Å². The van der Waals surface area contributed by atoms with Crippen LogP contribution in [0.2, 0.25) is 0 Å². The number of likely N-dealkylation sites (N-methyl/N-ethyl adjacent to an activating group) is 1. The van der Waals surface area contributed by atoms with Gasteiger partial charge in [0.05, 0.1) is 11.9 Å². The number of nitrogens with zero attached hydrogens (tertiary/aromatic N) is 6. The fraction of sp³-hybridized carbons (Fsp3) is 0.368. The molecule has 8 heteroatoms. The minimum atomic E-state index is -0.178. The van der Waals surface area contributed by atoms with Crippen molar-refractivity contribution in [3.05, 3.63) is 54.1 Å². The van der Waals surface area contributed by atoms with Crippen molar-refractivity contribution in [3.8, 4) is 11.4 Å². The van der Waals surface area contributed by atoms with E-state index < -0.39 is 0 Å². The van der Waals surface area contributed by atoms with E-state index in [0.29, 0.717) is 0 Å². The van der Waals surface area contributed by atoms with Crippen molar-refractivity contribution in [1.29, 1.82) is 0 Å². The highest BCUT2D eigenvalue weighted by Crippen LogP contribution is 2.24. The Hall–Kier alpha value is -2.45. The molecular formula is C19H23FN6S. The summed E-state index contributed by atoms with van der Waals surface area (Å²) in [4.78, 5) is 9.41. The average Bonchev–Trinajstić information content (AvgIpc) is 3.19. The first-order chi connectivity index (χ1) is 13.2. The lowest BCUT2D eigenvalue weighted by atomic mass is 10.2. The van der Waals surface area contributed by atoms with Gasteiger partial charge in [0.15, 0.2) is 5.82 Å². The van der Waals surface area contributed by atoms with Crippen LogP contribution in [0.1, 0.15) is 12.6 Å². The van der Waals surface area contributed by atoms with Gasteiger partial charge in [-0.15, -0.1) is 0 Å². The minimum absolute atomic E-state index is 0.178. The van der Waals surface area contributed by atoms with Gasteiger partial charge in [-0.25, -0.2) is 4.39 Å². The molecule has 4 rings (SSSR count). The molecule has 1 aliphatic heterocycles. The molecule has 1 fully saturated rings. The molecule has 142 valence electrons. The summed E-state index contributed by atoms with van der Waals surface area (Å²) >= 11 is 1.46. The second kappa shape index (κ2) is 9.48. The van der Waals surface area contributed by atoms with Gasteiger partial charge in [0, 0.05) is 43.3 Å². The second-order valence-electron chi connectivity index (χ2n) is 6.20. The zero-order valence-corrected chi connectivity index (χ0v) is 16.4. The highest BCUT2D eigenvalue weighted by Gasteiger charge is 2.19. The summed E-state index contributed by atoms with van der Waals surface area (Å²) in [5.74, 6) is 0.573. The zero-order valence-electron chi connectivity index (χ0n) is 15.5. The van der Waals surface area contributed by atoms with E-state index in [-0.39, 0.29) is 5.82 Å². The van der Waals surface area contributed by atoms with Crippen molar-refractivity contribution in [2.45, 2.75) is 13.8 Å². The molecule has 0 amide bonds. The first-order valence-corrected chi connectivity index (χ1v) is 9.74. The Morgan fingerprint density at radius 2 is 1.85 bits per heavy atom. The summed E-state index contributed by atoms with van der Waals surface area (Å²) in [6.07, 6.45) is 1.72.